The van der Waals surface area contributed by atoms with Gasteiger partial charge in [-0.15, -0.1) is 6.58 Å². The normalized spacial score (nSPS) is 33.1. The maximum absolute atomic E-state index is 10.6. The Morgan fingerprint density at radius 3 is 2.90 bits per heavy atom. The van der Waals surface area contributed by atoms with Crippen LogP contribution in [0.4, 0.5) is 0 Å². The molecule has 56 valence electrons. The highest BCUT2D eigenvalue weighted by Gasteiger charge is 2.28. The van der Waals surface area contributed by atoms with Crippen LogP contribution in [0.2, 0.25) is 0 Å². The quantitative estimate of drug-likeness (QED) is 0.497. The molecule has 0 aliphatic carbocycles. The third-order valence-corrected chi connectivity index (χ3v) is 1.76. The molecule has 0 radical (unpaired) electrons. The third-order valence-electron chi connectivity index (χ3n) is 1.76. The van der Waals surface area contributed by atoms with E-state index in [1.54, 1.807) is 0 Å². The number of aliphatic hydroxyl groups is 1. The maximum atomic E-state index is 10.6. The smallest absolute Gasteiger partial charge is 0.220 e. The molecule has 0 aromatic heterocycles. The summed E-state index contributed by atoms with van der Waals surface area (Å²) in [6, 6.07) is 0. The van der Waals surface area contributed by atoms with Crippen molar-refractivity contribution in [2.75, 3.05) is 6.54 Å². The molecule has 1 rings (SSSR count). The predicted octanol–water partition coefficient (Wildman–Crippen LogP) is -0.187. The molecule has 1 fully saturated rings. The van der Waals surface area contributed by atoms with Gasteiger partial charge in [0.05, 0.1) is 0 Å². The molecule has 0 spiro atoms. The van der Waals surface area contributed by atoms with Crippen LogP contribution in [-0.4, -0.2) is 23.2 Å². The highest BCUT2D eigenvalue weighted by atomic mass is 16.3. The van der Waals surface area contributed by atoms with Crippen LogP contribution in [0.15, 0.2) is 12.7 Å². The standard InChI is InChI=1S/C7H11NO2/c1-2-7(10)4-3-6(9)8-5-7/h2,10H,1,3-5H2,(H,8,9). The van der Waals surface area contributed by atoms with Gasteiger partial charge in [-0.2, -0.15) is 0 Å². The number of β-amino-alcohol motifs (C(OH)–C–C–N with tert-alkyl or cyclic N) is 1. The number of piperidine rings is 1. The van der Waals surface area contributed by atoms with Crippen LogP contribution < -0.4 is 5.32 Å². The molecule has 1 saturated heterocycles. The first-order chi connectivity index (χ1) is 4.66. The first-order valence-electron chi connectivity index (χ1n) is 3.29. The molecule has 0 aromatic rings. The second-order valence-electron chi connectivity index (χ2n) is 2.58. The minimum absolute atomic E-state index is 0.00604. The van der Waals surface area contributed by atoms with Crippen molar-refractivity contribution in [1.82, 2.24) is 5.32 Å². The van der Waals surface area contributed by atoms with E-state index in [-0.39, 0.29) is 5.91 Å². The van der Waals surface area contributed by atoms with E-state index in [0.717, 1.165) is 0 Å². The van der Waals surface area contributed by atoms with Gasteiger partial charge >= 0.3 is 0 Å². The summed E-state index contributed by atoms with van der Waals surface area (Å²) in [5.74, 6) is 0.00604. The zero-order chi connectivity index (χ0) is 7.61. The monoisotopic (exact) mass is 141 g/mol. The van der Waals surface area contributed by atoms with E-state index in [0.29, 0.717) is 19.4 Å². The van der Waals surface area contributed by atoms with Crippen molar-refractivity contribution in [1.29, 1.82) is 0 Å². The fourth-order valence-corrected chi connectivity index (χ4v) is 0.933. The van der Waals surface area contributed by atoms with Gasteiger partial charge in [0, 0.05) is 13.0 Å². The molecular weight excluding hydrogens is 130 g/mol. The Balaban J connectivity index is 2.53. The molecule has 10 heavy (non-hydrogen) atoms. The molecule has 1 aliphatic heterocycles. The zero-order valence-corrected chi connectivity index (χ0v) is 5.76. The molecule has 3 heteroatoms. The first-order valence-corrected chi connectivity index (χ1v) is 3.29. The van der Waals surface area contributed by atoms with Crippen LogP contribution >= 0.6 is 0 Å². The molecule has 0 aromatic carbocycles. The van der Waals surface area contributed by atoms with Crippen LogP contribution in [0.25, 0.3) is 0 Å². The molecule has 1 amide bonds. The number of hydrogen-bond donors (Lipinski definition) is 2. The van der Waals surface area contributed by atoms with Gasteiger partial charge in [0.2, 0.25) is 5.91 Å². The number of amides is 1. The number of hydrogen-bond acceptors (Lipinski definition) is 2. The third kappa shape index (κ3) is 1.36. The van der Waals surface area contributed by atoms with Gasteiger partial charge in [0.1, 0.15) is 5.60 Å². The summed E-state index contributed by atoms with van der Waals surface area (Å²) >= 11 is 0. The van der Waals surface area contributed by atoms with E-state index in [1.807, 2.05) is 0 Å². The van der Waals surface area contributed by atoms with Crippen LogP contribution in [-0.2, 0) is 4.79 Å². The van der Waals surface area contributed by atoms with E-state index in [9.17, 15) is 9.90 Å². The summed E-state index contributed by atoms with van der Waals surface area (Å²) < 4.78 is 0. The van der Waals surface area contributed by atoms with E-state index < -0.39 is 5.60 Å². The lowest BCUT2D eigenvalue weighted by atomic mass is 9.94. The number of carbonyl (C=O) groups excluding carboxylic acids is 1. The maximum Gasteiger partial charge on any atom is 0.220 e. The van der Waals surface area contributed by atoms with Gasteiger partial charge < -0.3 is 10.4 Å². The summed E-state index contributed by atoms with van der Waals surface area (Å²) in [7, 11) is 0. The van der Waals surface area contributed by atoms with Crippen molar-refractivity contribution < 1.29 is 9.90 Å². The Labute approximate surface area is 59.7 Å². The minimum Gasteiger partial charge on any atom is -0.384 e. The van der Waals surface area contributed by atoms with E-state index in [4.69, 9.17) is 0 Å². The highest BCUT2D eigenvalue weighted by Crippen LogP contribution is 2.16. The Bertz CT molecular complexity index is 155. The summed E-state index contributed by atoms with van der Waals surface area (Å²) in [4.78, 5) is 10.6. The van der Waals surface area contributed by atoms with Gasteiger partial charge in [-0.25, -0.2) is 0 Å². The lowest BCUT2D eigenvalue weighted by Gasteiger charge is -2.28. The van der Waals surface area contributed by atoms with Crippen LogP contribution in [0.3, 0.4) is 0 Å². The summed E-state index contributed by atoms with van der Waals surface area (Å²) in [5.41, 5.74) is -0.867. The average molecular weight is 141 g/mol. The molecular formula is C7H11NO2. The molecule has 2 N–H and O–H groups in total. The number of rotatable bonds is 1. The molecule has 3 nitrogen and oxygen atoms in total. The zero-order valence-electron chi connectivity index (χ0n) is 5.76. The van der Waals surface area contributed by atoms with E-state index in [1.165, 1.54) is 6.08 Å². The SMILES string of the molecule is C=CC1(O)CCC(=O)NC1. The van der Waals surface area contributed by atoms with Crippen molar-refractivity contribution in [3.63, 3.8) is 0 Å². The predicted molar refractivity (Wildman–Crippen MR) is 37.4 cm³/mol. The van der Waals surface area contributed by atoms with Gasteiger partial charge in [0.15, 0.2) is 0 Å². The molecule has 1 atom stereocenters. The number of carbonyl (C=O) groups is 1. The molecule has 1 unspecified atom stereocenters. The molecule has 1 aliphatic rings. The van der Waals surface area contributed by atoms with E-state index >= 15 is 0 Å². The number of nitrogens with one attached hydrogen (secondary N) is 1. The van der Waals surface area contributed by atoms with E-state index in [2.05, 4.69) is 11.9 Å². The van der Waals surface area contributed by atoms with Crippen molar-refractivity contribution >= 4 is 5.91 Å². The van der Waals surface area contributed by atoms with Crippen molar-refractivity contribution in [2.45, 2.75) is 18.4 Å². The summed E-state index contributed by atoms with van der Waals surface area (Å²) in [6.45, 7) is 3.78. The van der Waals surface area contributed by atoms with Crippen LogP contribution in [0.1, 0.15) is 12.8 Å². The fraction of sp³-hybridized carbons (Fsp3) is 0.571. The Morgan fingerprint density at radius 1 is 1.80 bits per heavy atom. The van der Waals surface area contributed by atoms with Gasteiger partial charge in [-0.3, -0.25) is 4.79 Å². The Hall–Kier alpha value is -0.830. The van der Waals surface area contributed by atoms with Crippen molar-refractivity contribution in [3.8, 4) is 0 Å². The molecule has 0 bridgehead atoms. The molecule has 1 heterocycles. The first kappa shape index (κ1) is 7.28. The highest BCUT2D eigenvalue weighted by molar-refractivity contribution is 5.77. The minimum atomic E-state index is -0.867. The molecule has 0 saturated carbocycles. The Kier molecular flexibility index (Phi) is 1.76. The largest absolute Gasteiger partial charge is 0.384 e. The van der Waals surface area contributed by atoms with Crippen LogP contribution in [0, 0.1) is 0 Å². The summed E-state index contributed by atoms with van der Waals surface area (Å²) in [6.07, 6.45) is 2.36. The second-order valence-corrected chi connectivity index (χ2v) is 2.58. The van der Waals surface area contributed by atoms with Gasteiger partial charge in [-0.1, -0.05) is 6.08 Å². The van der Waals surface area contributed by atoms with Crippen molar-refractivity contribution in [3.05, 3.63) is 12.7 Å². The second kappa shape index (κ2) is 2.42. The Morgan fingerprint density at radius 2 is 2.50 bits per heavy atom. The summed E-state index contributed by atoms with van der Waals surface area (Å²) in [5, 5.41) is 12.0. The van der Waals surface area contributed by atoms with Crippen LogP contribution in [0.5, 0.6) is 0 Å². The lowest BCUT2D eigenvalue weighted by Crippen LogP contribution is -2.46. The van der Waals surface area contributed by atoms with Gasteiger partial charge in [0.25, 0.3) is 0 Å². The topological polar surface area (TPSA) is 49.3 Å². The fourth-order valence-electron chi connectivity index (χ4n) is 0.933. The van der Waals surface area contributed by atoms with Gasteiger partial charge in [-0.05, 0) is 6.42 Å². The van der Waals surface area contributed by atoms with Crippen molar-refractivity contribution in [2.24, 2.45) is 0 Å². The lowest BCUT2D eigenvalue weighted by molar-refractivity contribution is -0.125. The average Bonchev–Trinajstić information content (AvgIpc) is 1.96.